The number of methoxy groups -OCH3 is 1. The summed E-state index contributed by atoms with van der Waals surface area (Å²) in [7, 11) is -1.26. The van der Waals surface area contributed by atoms with E-state index in [-0.39, 0.29) is 23.9 Å². The molecule has 2 heterocycles. The number of hydrogen-bond donors (Lipinski definition) is 2. The van der Waals surface area contributed by atoms with Gasteiger partial charge in [-0.05, 0) is 41.6 Å². The van der Waals surface area contributed by atoms with E-state index in [1.54, 1.807) is 14.0 Å². The van der Waals surface area contributed by atoms with Gasteiger partial charge in [-0.2, -0.15) is 0 Å². The summed E-state index contributed by atoms with van der Waals surface area (Å²) in [6.45, 7) is 8.27. The number of H-pyrrole nitrogens is 1. The molecule has 1 aliphatic heterocycles. The van der Waals surface area contributed by atoms with Crippen molar-refractivity contribution in [2.45, 2.75) is 88.7 Å². The Morgan fingerprint density at radius 3 is 2.17 bits per heavy atom. The maximum Gasteiger partial charge on any atom is 0.330 e. The summed E-state index contributed by atoms with van der Waals surface area (Å²) in [6, 6.07) is 20.5. The van der Waals surface area contributed by atoms with E-state index < -0.39 is 44.1 Å². The summed E-state index contributed by atoms with van der Waals surface area (Å²) in [5.74, 6) is 0. The van der Waals surface area contributed by atoms with Crippen LogP contribution in [-0.4, -0.2) is 67.2 Å². The molecule has 2 aliphatic rings. The Labute approximate surface area is 247 Å². The van der Waals surface area contributed by atoms with Crippen LogP contribution in [0.5, 0.6) is 0 Å². The first-order chi connectivity index (χ1) is 20.1. The van der Waals surface area contributed by atoms with Gasteiger partial charge in [0.25, 0.3) is 13.9 Å². The van der Waals surface area contributed by atoms with Crippen molar-refractivity contribution in [1.29, 1.82) is 0 Å². The normalized spacial score (nSPS) is 26.5. The molecule has 1 unspecified atom stereocenters. The van der Waals surface area contributed by atoms with Crippen LogP contribution in [0.25, 0.3) is 0 Å². The molecule has 42 heavy (non-hydrogen) atoms. The van der Waals surface area contributed by atoms with Gasteiger partial charge in [-0.1, -0.05) is 81.4 Å². The summed E-state index contributed by atoms with van der Waals surface area (Å²) < 4.78 is 26.9. The second-order valence-electron chi connectivity index (χ2n) is 12.4. The van der Waals surface area contributed by atoms with Crippen molar-refractivity contribution in [3.05, 3.63) is 93.3 Å². The molecule has 226 valence electrons. The number of hydrogen-bond acceptors (Lipinski definition) is 7. The van der Waals surface area contributed by atoms with Crippen LogP contribution < -0.4 is 21.6 Å². The van der Waals surface area contributed by atoms with Crippen molar-refractivity contribution in [2.24, 2.45) is 0 Å². The zero-order valence-electron chi connectivity index (χ0n) is 25.0. The standard InChI is InChI=1S/C32H42N2O7Si/c1-21-19-34(31(37)33-29(21)36)30-28(40-25-18-12-17-24(25)38-5)27(35)26(41-30)20-39-42(32(2,3)4,22-13-8-6-9-14-22)23-15-10-7-11-16-23/h6-11,13-16,19,24-28,30,35H,12,17-18,20H2,1-5H3,(H,33,36,37)/t24-,25-,26-,27?,28+,30-/m1/s1. The number of nitrogens with one attached hydrogen (secondary N) is 1. The van der Waals surface area contributed by atoms with Crippen molar-refractivity contribution in [2.75, 3.05) is 13.7 Å². The maximum absolute atomic E-state index is 13.0. The van der Waals surface area contributed by atoms with Crippen molar-refractivity contribution < 1.29 is 23.7 Å². The lowest BCUT2D eigenvalue weighted by atomic mass is 10.1. The van der Waals surface area contributed by atoms with Crippen LogP contribution in [0, 0.1) is 6.92 Å². The second-order valence-corrected chi connectivity index (χ2v) is 16.7. The third kappa shape index (κ3) is 5.71. The fourth-order valence-electron chi connectivity index (χ4n) is 6.49. The summed E-state index contributed by atoms with van der Waals surface area (Å²) in [4.78, 5) is 27.4. The Balaban J connectivity index is 1.51. The molecule has 0 radical (unpaired) electrons. The highest BCUT2D eigenvalue weighted by Gasteiger charge is 2.53. The molecule has 1 aromatic heterocycles. The molecule has 5 rings (SSSR count). The summed E-state index contributed by atoms with van der Waals surface area (Å²) >= 11 is 0. The van der Waals surface area contributed by atoms with E-state index in [0.717, 1.165) is 29.6 Å². The van der Waals surface area contributed by atoms with Gasteiger partial charge in [-0.3, -0.25) is 14.3 Å². The van der Waals surface area contributed by atoms with Crippen LogP contribution in [0.1, 0.15) is 51.8 Å². The Morgan fingerprint density at radius 1 is 1.00 bits per heavy atom. The molecule has 6 atom stereocenters. The van der Waals surface area contributed by atoms with Crippen molar-refractivity contribution in [3.8, 4) is 0 Å². The SMILES string of the molecule is CO[C@@H]1CCC[C@H]1O[C@H]1C(O)[C@@H](CO[Si](c2ccccc2)(c2ccccc2)C(C)(C)C)O[C@H]1n1cc(C)c(=O)[nH]c1=O. The zero-order chi connectivity index (χ0) is 30.1. The number of aryl methyl sites for hydroxylation is 1. The van der Waals surface area contributed by atoms with Gasteiger partial charge in [0, 0.05) is 18.9 Å². The molecular weight excluding hydrogens is 552 g/mol. The van der Waals surface area contributed by atoms with E-state index in [4.69, 9.17) is 18.6 Å². The van der Waals surface area contributed by atoms with Crippen LogP contribution in [0.4, 0.5) is 0 Å². The van der Waals surface area contributed by atoms with E-state index in [9.17, 15) is 14.7 Å². The molecule has 1 aliphatic carbocycles. The zero-order valence-corrected chi connectivity index (χ0v) is 26.0. The molecular formula is C32H42N2O7Si. The molecule has 3 aromatic rings. The monoisotopic (exact) mass is 594 g/mol. The Hall–Kier alpha value is -2.86. The smallest absolute Gasteiger partial charge is 0.330 e. The maximum atomic E-state index is 13.0. The van der Waals surface area contributed by atoms with E-state index in [2.05, 4.69) is 50.0 Å². The minimum atomic E-state index is -2.92. The van der Waals surface area contributed by atoms with Crippen LogP contribution in [-0.2, 0) is 18.6 Å². The number of benzene rings is 2. The minimum absolute atomic E-state index is 0.0836. The van der Waals surface area contributed by atoms with Crippen LogP contribution in [0.3, 0.4) is 0 Å². The van der Waals surface area contributed by atoms with Crippen LogP contribution >= 0.6 is 0 Å². The number of aliphatic hydroxyl groups excluding tert-OH is 1. The molecule has 2 fully saturated rings. The quantitative estimate of drug-likeness (QED) is 0.367. The lowest BCUT2D eigenvalue weighted by Crippen LogP contribution is -2.67. The summed E-state index contributed by atoms with van der Waals surface area (Å²) in [5.41, 5.74) is -0.733. The average Bonchev–Trinajstić information content (AvgIpc) is 3.55. The molecule has 2 N–H and O–H groups in total. The molecule has 0 bridgehead atoms. The Kier molecular flexibility index (Phi) is 9.03. The van der Waals surface area contributed by atoms with Gasteiger partial charge >= 0.3 is 5.69 Å². The van der Waals surface area contributed by atoms with E-state index in [1.165, 1.54) is 10.8 Å². The van der Waals surface area contributed by atoms with Crippen molar-refractivity contribution >= 4 is 18.7 Å². The van der Waals surface area contributed by atoms with Crippen LogP contribution in [0.15, 0.2) is 76.4 Å². The van der Waals surface area contributed by atoms with Gasteiger partial charge in [-0.25, -0.2) is 4.79 Å². The molecule has 10 heteroatoms. The fraction of sp³-hybridized carbons (Fsp3) is 0.500. The van der Waals surface area contributed by atoms with Gasteiger partial charge in [0.05, 0.1) is 18.8 Å². The third-order valence-corrected chi connectivity index (χ3v) is 13.6. The van der Waals surface area contributed by atoms with E-state index in [0.29, 0.717) is 5.56 Å². The first kappa shape index (κ1) is 30.6. The number of nitrogens with zero attached hydrogens (tertiary/aromatic N) is 1. The van der Waals surface area contributed by atoms with Gasteiger partial charge in [0.15, 0.2) is 6.23 Å². The van der Waals surface area contributed by atoms with Gasteiger partial charge in [-0.15, -0.1) is 0 Å². The average molecular weight is 595 g/mol. The minimum Gasteiger partial charge on any atom is -0.405 e. The fourth-order valence-corrected chi connectivity index (χ4v) is 11.1. The number of aromatic nitrogens is 2. The van der Waals surface area contributed by atoms with Gasteiger partial charge in [0.1, 0.15) is 18.3 Å². The summed E-state index contributed by atoms with van der Waals surface area (Å²) in [5, 5.41) is 13.7. The van der Waals surface area contributed by atoms with E-state index >= 15 is 0 Å². The number of ether oxygens (including phenoxy) is 3. The number of aliphatic hydroxyl groups is 1. The highest BCUT2D eigenvalue weighted by atomic mass is 28.4. The lowest BCUT2D eigenvalue weighted by Gasteiger charge is -2.43. The Bertz CT molecular complexity index is 1410. The topological polar surface area (TPSA) is 112 Å². The predicted molar refractivity (Wildman–Crippen MR) is 163 cm³/mol. The Morgan fingerprint density at radius 2 is 1.60 bits per heavy atom. The third-order valence-electron chi connectivity index (χ3n) is 8.64. The lowest BCUT2D eigenvalue weighted by molar-refractivity contribution is -0.130. The molecule has 9 nitrogen and oxygen atoms in total. The number of aromatic amines is 1. The second kappa shape index (κ2) is 12.4. The first-order valence-electron chi connectivity index (χ1n) is 14.7. The first-order valence-corrected chi connectivity index (χ1v) is 16.6. The molecule has 1 saturated carbocycles. The molecule has 1 saturated heterocycles. The largest absolute Gasteiger partial charge is 0.405 e. The van der Waals surface area contributed by atoms with Crippen molar-refractivity contribution in [3.63, 3.8) is 0 Å². The highest BCUT2D eigenvalue weighted by Crippen LogP contribution is 2.39. The van der Waals surface area contributed by atoms with Gasteiger partial charge in [0.2, 0.25) is 0 Å². The predicted octanol–water partition coefficient (Wildman–Crippen LogP) is 2.63. The van der Waals surface area contributed by atoms with Gasteiger partial charge < -0.3 is 23.7 Å². The molecule has 0 spiro atoms. The van der Waals surface area contributed by atoms with Crippen molar-refractivity contribution in [1.82, 2.24) is 9.55 Å². The number of rotatable bonds is 9. The molecule has 2 aromatic carbocycles. The van der Waals surface area contributed by atoms with Crippen LogP contribution in [0.2, 0.25) is 5.04 Å². The highest BCUT2D eigenvalue weighted by molar-refractivity contribution is 6.99. The summed E-state index contributed by atoms with van der Waals surface area (Å²) in [6.07, 6.45) is -0.0524. The van der Waals surface area contributed by atoms with E-state index in [1.807, 2.05) is 36.4 Å². The molecule has 0 amide bonds.